The molecular formula is C56H41N. The summed E-state index contributed by atoms with van der Waals surface area (Å²) in [5, 5.41) is 2.50. The summed E-state index contributed by atoms with van der Waals surface area (Å²) in [6.45, 7) is 4.74. The number of hydrogen-bond acceptors (Lipinski definition) is 1. The third-order valence-corrected chi connectivity index (χ3v) is 12.7. The van der Waals surface area contributed by atoms with Crippen molar-refractivity contribution in [1.29, 1.82) is 0 Å². The molecular weight excluding hydrogens is 687 g/mol. The van der Waals surface area contributed by atoms with Gasteiger partial charge in [-0.05, 0) is 114 Å². The maximum absolute atomic E-state index is 2.49. The second kappa shape index (κ2) is 12.8. The fraction of sp³-hybridized carbons (Fsp3) is 0.0714. The highest BCUT2D eigenvalue weighted by Crippen LogP contribution is 2.58. The van der Waals surface area contributed by atoms with Gasteiger partial charge in [-0.3, -0.25) is 0 Å². The molecule has 0 aromatic heterocycles. The minimum Gasteiger partial charge on any atom is -0.310 e. The lowest BCUT2D eigenvalue weighted by atomic mass is 9.67. The molecule has 0 spiro atoms. The summed E-state index contributed by atoms with van der Waals surface area (Å²) in [4.78, 5) is 2.49. The van der Waals surface area contributed by atoms with Gasteiger partial charge in [-0.1, -0.05) is 184 Å². The van der Waals surface area contributed by atoms with Crippen molar-refractivity contribution >= 4 is 27.8 Å². The number of anilines is 3. The van der Waals surface area contributed by atoms with E-state index in [9.17, 15) is 0 Å². The van der Waals surface area contributed by atoms with Crippen LogP contribution >= 0.6 is 0 Å². The molecule has 0 atom stereocenters. The monoisotopic (exact) mass is 727 g/mol. The van der Waals surface area contributed by atoms with E-state index in [1.165, 1.54) is 77.5 Å². The predicted octanol–water partition coefficient (Wildman–Crippen LogP) is 14.6. The maximum Gasteiger partial charge on any atom is 0.0713 e. The van der Waals surface area contributed by atoms with Crippen LogP contribution in [0.5, 0.6) is 0 Å². The summed E-state index contributed by atoms with van der Waals surface area (Å²) >= 11 is 0. The van der Waals surface area contributed by atoms with Crippen LogP contribution in [0.1, 0.15) is 47.2 Å². The van der Waals surface area contributed by atoms with Gasteiger partial charge in [-0.2, -0.15) is 0 Å². The Morgan fingerprint density at radius 1 is 0.333 bits per heavy atom. The average Bonchev–Trinajstić information content (AvgIpc) is 3.68. The summed E-state index contributed by atoms with van der Waals surface area (Å²) in [5.41, 5.74) is 18.3. The zero-order valence-electron chi connectivity index (χ0n) is 32.2. The highest BCUT2D eigenvalue weighted by atomic mass is 15.1. The van der Waals surface area contributed by atoms with Crippen molar-refractivity contribution < 1.29 is 0 Å². The highest BCUT2D eigenvalue weighted by Gasteiger charge is 2.46. The van der Waals surface area contributed by atoms with Gasteiger partial charge in [0.05, 0.1) is 11.1 Å². The standard InChI is InChI=1S/C56H41N/c1-55(2)50-28-16-14-27-46(50)47-32-30-44(37-52(47)55)57(54-29-17-15-26-45(54)38-18-6-3-7-19-38)43-31-33-51-49(36-43)48-34-39-20-12-13-21-40(39)35-53(48)56(51,41-22-8-4-9-23-41)42-24-10-5-11-25-42/h3-37H,1-2H3. The van der Waals surface area contributed by atoms with Crippen LogP contribution < -0.4 is 4.90 Å². The third kappa shape index (κ3) is 4.95. The van der Waals surface area contributed by atoms with Gasteiger partial charge in [0.2, 0.25) is 0 Å². The minimum absolute atomic E-state index is 0.130. The van der Waals surface area contributed by atoms with Gasteiger partial charge in [0.25, 0.3) is 0 Å². The fourth-order valence-electron chi connectivity index (χ4n) is 10.1. The number of hydrogen-bond donors (Lipinski definition) is 0. The Hall–Kier alpha value is -6.96. The molecule has 2 aliphatic carbocycles. The molecule has 1 nitrogen and oxygen atoms in total. The van der Waals surface area contributed by atoms with Gasteiger partial charge in [-0.15, -0.1) is 0 Å². The first-order valence-electron chi connectivity index (χ1n) is 20.0. The Morgan fingerprint density at radius 3 is 1.58 bits per heavy atom. The molecule has 9 aromatic rings. The Balaban J connectivity index is 1.20. The molecule has 57 heavy (non-hydrogen) atoms. The fourth-order valence-corrected chi connectivity index (χ4v) is 10.1. The van der Waals surface area contributed by atoms with Crippen LogP contribution in [0.15, 0.2) is 212 Å². The number of nitrogens with zero attached hydrogens (tertiary/aromatic N) is 1. The lowest BCUT2D eigenvalue weighted by Crippen LogP contribution is -2.28. The van der Waals surface area contributed by atoms with Gasteiger partial charge < -0.3 is 4.90 Å². The van der Waals surface area contributed by atoms with Crippen molar-refractivity contribution in [3.63, 3.8) is 0 Å². The van der Waals surface area contributed by atoms with Crippen LogP contribution in [0.25, 0.3) is 44.2 Å². The van der Waals surface area contributed by atoms with Crippen molar-refractivity contribution in [2.75, 3.05) is 4.90 Å². The molecule has 0 radical (unpaired) electrons. The molecule has 270 valence electrons. The van der Waals surface area contributed by atoms with Gasteiger partial charge in [0.15, 0.2) is 0 Å². The molecule has 0 amide bonds. The molecule has 11 rings (SSSR count). The van der Waals surface area contributed by atoms with E-state index in [4.69, 9.17) is 0 Å². The highest BCUT2D eigenvalue weighted by molar-refractivity contribution is 5.98. The normalized spacial score (nSPS) is 14.1. The molecule has 0 aliphatic heterocycles. The maximum atomic E-state index is 2.49. The summed E-state index contributed by atoms with van der Waals surface area (Å²) < 4.78 is 0. The van der Waals surface area contributed by atoms with Gasteiger partial charge in [0, 0.05) is 22.4 Å². The largest absolute Gasteiger partial charge is 0.310 e. The molecule has 0 heterocycles. The zero-order chi connectivity index (χ0) is 38.1. The summed E-state index contributed by atoms with van der Waals surface area (Å²) in [6.07, 6.45) is 0. The number of fused-ring (bicyclic) bond motifs is 7. The molecule has 0 N–H and O–H groups in total. The van der Waals surface area contributed by atoms with Gasteiger partial charge >= 0.3 is 0 Å². The van der Waals surface area contributed by atoms with Crippen LogP contribution in [0.3, 0.4) is 0 Å². The van der Waals surface area contributed by atoms with Crippen LogP contribution in [-0.2, 0) is 10.8 Å². The first-order chi connectivity index (χ1) is 28.0. The first kappa shape index (κ1) is 33.4. The quantitative estimate of drug-likeness (QED) is 0.165. The Morgan fingerprint density at radius 2 is 0.860 bits per heavy atom. The van der Waals surface area contributed by atoms with Gasteiger partial charge in [-0.25, -0.2) is 0 Å². The van der Waals surface area contributed by atoms with E-state index in [0.29, 0.717) is 0 Å². The number of rotatable bonds is 6. The van der Waals surface area contributed by atoms with Crippen molar-refractivity contribution in [1.82, 2.24) is 0 Å². The Kier molecular flexibility index (Phi) is 7.50. The number of para-hydroxylation sites is 1. The van der Waals surface area contributed by atoms with Crippen molar-refractivity contribution in [2.24, 2.45) is 0 Å². The third-order valence-electron chi connectivity index (χ3n) is 12.7. The van der Waals surface area contributed by atoms with E-state index in [0.717, 1.165) is 17.1 Å². The molecule has 0 fully saturated rings. The van der Waals surface area contributed by atoms with E-state index in [-0.39, 0.29) is 5.41 Å². The number of benzene rings is 9. The molecule has 9 aromatic carbocycles. The topological polar surface area (TPSA) is 3.24 Å². The van der Waals surface area contributed by atoms with Crippen molar-refractivity contribution in [3.8, 4) is 33.4 Å². The van der Waals surface area contributed by atoms with Crippen molar-refractivity contribution in [2.45, 2.75) is 24.7 Å². The van der Waals surface area contributed by atoms with Crippen molar-refractivity contribution in [3.05, 3.63) is 246 Å². The lowest BCUT2D eigenvalue weighted by molar-refractivity contribution is 0.660. The molecule has 1 heteroatoms. The Bertz CT molecular complexity index is 2940. The molecule has 2 aliphatic rings. The lowest BCUT2D eigenvalue weighted by Gasteiger charge is -2.34. The smallest absolute Gasteiger partial charge is 0.0713 e. The van der Waals surface area contributed by atoms with E-state index in [1.54, 1.807) is 0 Å². The van der Waals surface area contributed by atoms with Crippen LogP contribution in [0, 0.1) is 0 Å². The SMILES string of the molecule is CC1(C)c2ccccc2-c2ccc(N(c3ccc4c(c3)-c3cc5ccccc5cc3C4(c3ccccc3)c3ccccc3)c3ccccc3-c3ccccc3)cc21. The van der Waals surface area contributed by atoms with E-state index in [2.05, 4.69) is 231 Å². The van der Waals surface area contributed by atoms with E-state index < -0.39 is 5.41 Å². The molecule has 0 unspecified atom stereocenters. The van der Waals surface area contributed by atoms with Crippen LogP contribution in [0.4, 0.5) is 17.1 Å². The zero-order valence-corrected chi connectivity index (χ0v) is 32.2. The Labute approximate surface area is 335 Å². The van der Waals surface area contributed by atoms with Crippen LogP contribution in [0.2, 0.25) is 0 Å². The average molecular weight is 728 g/mol. The summed E-state index contributed by atoms with van der Waals surface area (Å²) in [6, 6.07) is 78.8. The second-order valence-corrected chi connectivity index (χ2v) is 16.1. The molecule has 0 bridgehead atoms. The van der Waals surface area contributed by atoms with E-state index in [1.807, 2.05) is 0 Å². The predicted molar refractivity (Wildman–Crippen MR) is 239 cm³/mol. The molecule has 0 saturated carbocycles. The second-order valence-electron chi connectivity index (χ2n) is 16.1. The molecule has 0 saturated heterocycles. The van der Waals surface area contributed by atoms with Gasteiger partial charge in [0.1, 0.15) is 0 Å². The summed E-state index contributed by atoms with van der Waals surface area (Å²) in [7, 11) is 0. The first-order valence-corrected chi connectivity index (χ1v) is 20.0. The van der Waals surface area contributed by atoms with E-state index >= 15 is 0 Å². The van der Waals surface area contributed by atoms with Crippen LogP contribution in [-0.4, -0.2) is 0 Å². The minimum atomic E-state index is -0.494. The summed E-state index contributed by atoms with van der Waals surface area (Å²) in [5.74, 6) is 0.